The van der Waals surface area contributed by atoms with Crippen molar-refractivity contribution >= 4 is 23.6 Å². The Morgan fingerprint density at radius 3 is 2.39 bits per heavy atom. The number of carbonyl (C=O) groups is 2. The number of hydrogen-bond acceptors (Lipinski definition) is 4. The highest BCUT2D eigenvalue weighted by molar-refractivity contribution is 7.99. The van der Waals surface area contributed by atoms with E-state index in [-0.39, 0.29) is 17.9 Å². The summed E-state index contributed by atoms with van der Waals surface area (Å²) < 4.78 is 5.33. The van der Waals surface area contributed by atoms with Crippen molar-refractivity contribution in [2.45, 2.75) is 58.0 Å². The molecule has 2 aromatic carbocycles. The first-order valence-corrected chi connectivity index (χ1v) is 12.0. The Morgan fingerprint density at radius 1 is 1.03 bits per heavy atom. The van der Waals surface area contributed by atoms with Crippen LogP contribution in [0, 0.1) is 0 Å². The van der Waals surface area contributed by atoms with E-state index in [1.54, 1.807) is 23.8 Å². The molecule has 0 bridgehead atoms. The average molecular weight is 443 g/mol. The van der Waals surface area contributed by atoms with E-state index in [1.807, 2.05) is 63.2 Å². The summed E-state index contributed by atoms with van der Waals surface area (Å²) in [4.78, 5) is 27.9. The van der Waals surface area contributed by atoms with E-state index in [0.717, 1.165) is 23.5 Å². The van der Waals surface area contributed by atoms with Crippen molar-refractivity contribution in [3.8, 4) is 5.75 Å². The van der Waals surface area contributed by atoms with Gasteiger partial charge in [0.2, 0.25) is 11.8 Å². The largest absolute Gasteiger partial charge is 0.497 e. The zero-order chi connectivity index (χ0) is 22.6. The molecule has 2 unspecified atom stereocenters. The lowest BCUT2D eigenvalue weighted by Crippen LogP contribution is -2.51. The predicted molar refractivity (Wildman–Crippen MR) is 128 cm³/mol. The Balaban J connectivity index is 2.16. The quantitative estimate of drug-likeness (QED) is 0.520. The minimum Gasteiger partial charge on any atom is -0.497 e. The molecular weight excluding hydrogens is 408 g/mol. The van der Waals surface area contributed by atoms with E-state index in [0.29, 0.717) is 18.7 Å². The summed E-state index contributed by atoms with van der Waals surface area (Å²) in [6, 6.07) is 17.3. The van der Waals surface area contributed by atoms with Crippen molar-refractivity contribution in [1.82, 2.24) is 10.2 Å². The van der Waals surface area contributed by atoms with Gasteiger partial charge in [-0.15, -0.1) is 11.8 Å². The van der Waals surface area contributed by atoms with Crippen LogP contribution in [0.1, 0.15) is 44.7 Å². The van der Waals surface area contributed by atoms with E-state index in [1.165, 1.54) is 5.56 Å². The Kier molecular flexibility index (Phi) is 10.4. The molecule has 2 aromatic rings. The van der Waals surface area contributed by atoms with Crippen LogP contribution in [0.4, 0.5) is 0 Å². The minimum absolute atomic E-state index is 0.0325. The van der Waals surface area contributed by atoms with E-state index >= 15 is 0 Å². The molecule has 2 amide bonds. The number of amides is 2. The second kappa shape index (κ2) is 13.1. The molecule has 0 fully saturated rings. The summed E-state index contributed by atoms with van der Waals surface area (Å²) in [5, 5.41) is 3.04. The molecule has 2 rings (SSSR count). The van der Waals surface area contributed by atoms with E-state index < -0.39 is 6.04 Å². The smallest absolute Gasteiger partial charge is 0.243 e. The van der Waals surface area contributed by atoms with Crippen molar-refractivity contribution in [3.05, 3.63) is 65.7 Å². The molecule has 0 aliphatic heterocycles. The highest BCUT2D eigenvalue weighted by Crippen LogP contribution is 2.19. The van der Waals surface area contributed by atoms with Crippen LogP contribution in [0.2, 0.25) is 0 Å². The van der Waals surface area contributed by atoms with Gasteiger partial charge in [-0.1, -0.05) is 56.3 Å². The van der Waals surface area contributed by atoms with Crippen molar-refractivity contribution in [3.63, 3.8) is 0 Å². The van der Waals surface area contributed by atoms with Crippen LogP contribution in [0.25, 0.3) is 0 Å². The van der Waals surface area contributed by atoms with Crippen LogP contribution in [0.15, 0.2) is 54.6 Å². The molecule has 0 spiro atoms. The monoisotopic (exact) mass is 442 g/mol. The van der Waals surface area contributed by atoms with Crippen LogP contribution < -0.4 is 10.1 Å². The third-order valence-electron chi connectivity index (χ3n) is 5.21. The molecule has 1 N–H and O–H groups in total. The zero-order valence-corrected chi connectivity index (χ0v) is 19.8. The van der Waals surface area contributed by atoms with E-state index in [4.69, 9.17) is 4.74 Å². The van der Waals surface area contributed by atoms with Gasteiger partial charge >= 0.3 is 0 Å². The number of nitrogens with one attached hydrogen (secondary N) is 1. The zero-order valence-electron chi connectivity index (χ0n) is 19.0. The first kappa shape index (κ1) is 24.8. The van der Waals surface area contributed by atoms with Gasteiger partial charge < -0.3 is 15.0 Å². The number of hydrogen-bond donors (Lipinski definition) is 1. The second-order valence-corrected chi connectivity index (χ2v) is 8.58. The summed E-state index contributed by atoms with van der Waals surface area (Å²) in [5.41, 5.74) is 2.12. The van der Waals surface area contributed by atoms with Crippen molar-refractivity contribution < 1.29 is 14.3 Å². The first-order valence-electron chi connectivity index (χ1n) is 10.8. The molecule has 0 aliphatic rings. The van der Waals surface area contributed by atoms with Crippen molar-refractivity contribution in [2.75, 3.05) is 12.9 Å². The molecular formula is C25H34N2O3S. The van der Waals surface area contributed by atoms with Crippen LogP contribution in [0.3, 0.4) is 0 Å². The van der Waals surface area contributed by atoms with E-state index in [9.17, 15) is 9.59 Å². The fourth-order valence-corrected chi connectivity index (χ4v) is 4.11. The van der Waals surface area contributed by atoms with Crippen LogP contribution in [0.5, 0.6) is 5.75 Å². The Morgan fingerprint density at radius 2 is 1.74 bits per heavy atom. The SMILES string of the molecule is CCC(C)NC(=O)C(CC)N(Cc1cccc(OC)c1)C(=O)CSCc1ccccc1. The standard InChI is InChI=1S/C25H34N2O3S/c1-5-19(3)26-25(29)23(6-2)27(16-21-13-10-14-22(15-21)30-4)24(28)18-31-17-20-11-8-7-9-12-20/h7-15,19,23H,5-6,16-18H2,1-4H3,(H,26,29). The molecule has 168 valence electrons. The topological polar surface area (TPSA) is 58.6 Å². The molecule has 6 heteroatoms. The predicted octanol–water partition coefficient (Wildman–Crippen LogP) is 4.65. The number of rotatable bonds is 12. The number of ether oxygens (including phenoxy) is 1. The number of carbonyl (C=O) groups excluding carboxylic acids is 2. The molecule has 2 atom stereocenters. The highest BCUT2D eigenvalue weighted by Gasteiger charge is 2.29. The number of nitrogens with zero attached hydrogens (tertiary/aromatic N) is 1. The van der Waals surface area contributed by atoms with Gasteiger partial charge in [-0.25, -0.2) is 0 Å². The van der Waals surface area contributed by atoms with Crippen LogP contribution in [-0.2, 0) is 21.9 Å². The number of methoxy groups -OCH3 is 1. The number of thioether (sulfide) groups is 1. The maximum Gasteiger partial charge on any atom is 0.243 e. The lowest BCUT2D eigenvalue weighted by atomic mass is 10.1. The maximum atomic E-state index is 13.2. The number of benzene rings is 2. The van der Waals surface area contributed by atoms with Crippen molar-refractivity contribution in [1.29, 1.82) is 0 Å². The maximum absolute atomic E-state index is 13.2. The van der Waals surface area contributed by atoms with E-state index in [2.05, 4.69) is 17.4 Å². The van der Waals surface area contributed by atoms with Crippen molar-refractivity contribution in [2.24, 2.45) is 0 Å². The molecule has 0 radical (unpaired) electrons. The second-order valence-electron chi connectivity index (χ2n) is 7.59. The summed E-state index contributed by atoms with van der Waals surface area (Å²) in [5.74, 6) is 1.69. The third-order valence-corrected chi connectivity index (χ3v) is 6.20. The lowest BCUT2D eigenvalue weighted by molar-refractivity contribution is -0.139. The van der Waals surface area contributed by atoms with Gasteiger partial charge in [0, 0.05) is 18.3 Å². The summed E-state index contributed by atoms with van der Waals surface area (Å²) in [6.07, 6.45) is 1.40. The molecule has 0 heterocycles. The third kappa shape index (κ3) is 7.94. The summed E-state index contributed by atoms with van der Waals surface area (Å²) >= 11 is 1.57. The first-order chi connectivity index (χ1) is 15.0. The Labute approximate surface area is 190 Å². The molecule has 0 saturated heterocycles. The van der Waals surface area contributed by atoms with Gasteiger partial charge in [0.25, 0.3) is 0 Å². The van der Waals surface area contributed by atoms with Crippen LogP contribution >= 0.6 is 11.8 Å². The summed E-state index contributed by atoms with van der Waals surface area (Å²) in [7, 11) is 1.62. The Bertz CT molecular complexity index is 829. The van der Waals surface area contributed by atoms with Gasteiger partial charge in [-0.2, -0.15) is 0 Å². The molecule has 31 heavy (non-hydrogen) atoms. The average Bonchev–Trinajstić information content (AvgIpc) is 2.79. The molecule has 5 nitrogen and oxygen atoms in total. The lowest BCUT2D eigenvalue weighted by Gasteiger charge is -2.31. The highest BCUT2D eigenvalue weighted by atomic mass is 32.2. The van der Waals surface area contributed by atoms with Gasteiger partial charge in [-0.3, -0.25) is 9.59 Å². The minimum atomic E-state index is -0.509. The van der Waals surface area contributed by atoms with Gasteiger partial charge in [0.1, 0.15) is 11.8 Å². The molecule has 0 saturated carbocycles. The fourth-order valence-electron chi connectivity index (χ4n) is 3.24. The molecule has 0 aromatic heterocycles. The van der Waals surface area contributed by atoms with Gasteiger partial charge in [0.15, 0.2) is 0 Å². The fraction of sp³-hybridized carbons (Fsp3) is 0.440. The molecule has 0 aliphatic carbocycles. The Hall–Kier alpha value is -2.47. The van der Waals surface area contributed by atoms with Gasteiger partial charge in [-0.05, 0) is 43.0 Å². The van der Waals surface area contributed by atoms with Crippen LogP contribution in [-0.4, -0.2) is 41.7 Å². The summed E-state index contributed by atoms with van der Waals surface area (Å²) in [6.45, 7) is 6.33. The van der Waals surface area contributed by atoms with Gasteiger partial charge in [0.05, 0.1) is 12.9 Å². The normalized spacial score (nSPS) is 12.6.